The van der Waals surface area contributed by atoms with Crippen molar-refractivity contribution in [3.63, 3.8) is 0 Å². The number of nitrogens with zero attached hydrogens (tertiary/aromatic N) is 1. The summed E-state index contributed by atoms with van der Waals surface area (Å²) in [6, 6.07) is 0.134. The van der Waals surface area contributed by atoms with E-state index >= 15 is 0 Å². The number of amides is 1. The lowest BCUT2D eigenvalue weighted by molar-refractivity contribution is 0.116. The molecule has 1 amide bonds. The van der Waals surface area contributed by atoms with Gasteiger partial charge in [0.15, 0.2) is 0 Å². The Bertz CT molecular complexity index is 118. The molecule has 0 atom stereocenters. The summed E-state index contributed by atoms with van der Waals surface area (Å²) in [5.74, 6) is 8.00. The van der Waals surface area contributed by atoms with Crippen molar-refractivity contribution in [3.8, 4) is 0 Å². The zero-order valence-corrected chi connectivity index (χ0v) is 8.11. The van der Waals surface area contributed by atoms with Crippen LogP contribution in [0.15, 0.2) is 0 Å². The maximum Gasteiger partial charge on any atom is 0.407 e. The van der Waals surface area contributed by atoms with Crippen molar-refractivity contribution in [2.75, 3.05) is 0 Å². The van der Waals surface area contributed by atoms with Crippen LogP contribution in [-0.2, 0) is 0 Å². The van der Waals surface area contributed by atoms with Crippen molar-refractivity contribution < 1.29 is 9.90 Å². The van der Waals surface area contributed by atoms with Crippen molar-refractivity contribution >= 4 is 6.09 Å². The van der Waals surface area contributed by atoms with E-state index in [1.807, 2.05) is 27.7 Å². The molecule has 0 aromatic heterocycles. The Hall–Kier alpha value is -0.810. The second-order valence-electron chi connectivity index (χ2n) is 2.88. The van der Waals surface area contributed by atoms with E-state index in [9.17, 15) is 4.79 Å². The van der Waals surface area contributed by atoms with Gasteiger partial charge in [0.25, 0.3) is 0 Å². The first-order valence-corrected chi connectivity index (χ1v) is 3.81. The molecule has 0 fully saturated rings. The minimum absolute atomic E-state index is 0.0671. The molecule has 74 valence electrons. The van der Waals surface area contributed by atoms with Crippen molar-refractivity contribution in [1.82, 2.24) is 4.90 Å². The van der Waals surface area contributed by atoms with Gasteiger partial charge in [0.2, 0.25) is 0 Å². The van der Waals surface area contributed by atoms with Gasteiger partial charge in [-0.05, 0) is 27.7 Å². The van der Waals surface area contributed by atoms with Crippen molar-refractivity contribution in [2.45, 2.75) is 39.8 Å². The van der Waals surface area contributed by atoms with Crippen LogP contribution in [0.1, 0.15) is 27.7 Å². The molecule has 0 unspecified atom stereocenters. The largest absolute Gasteiger partial charge is 0.465 e. The zero-order chi connectivity index (χ0) is 10.3. The number of hydrazine groups is 1. The molecule has 5 N–H and O–H groups in total. The van der Waals surface area contributed by atoms with Crippen molar-refractivity contribution in [1.29, 1.82) is 0 Å². The van der Waals surface area contributed by atoms with E-state index in [4.69, 9.17) is 5.11 Å². The van der Waals surface area contributed by atoms with Crippen LogP contribution >= 0.6 is 0 Å². The van der Waals surface area contributed by atoms with Gasteiger partial charge in [0, 0.05) is 12.1 Å². The molecule has 0 aliphatic heterocycles. The van der Waals surface area contributed by atoms with E-state index in [1.165, 1.54) is 4.90 Å². The SMILES string of the molecule is CC(C)N(C(=O)O)C(C)C.NN. The van der Waals surface area contributed by atoms with Crippen LogP contribution in [0, 0.1) is 0 Å². The minimum atomic E-state index is -0.843. The Morgan fingerprint density at radius 1 is 1.17 bits per heavy atom. The van der Waals surface area contributed by atoms with Gasteiger partial charge < -0.3 is 10.0 Å². The monoisotopic (exact) mass is 177 g/mol. The summed E-state index contributed by atoms with van der Waals surface area (Å²) < 4.78 is 0. The maximum absolute atomic E-state index is 10.5. The maximum atomic E-state index is 10.5. The first kappa shape index (κ1) is 13.8. The van der Waals surface area contributed by atoms with E-state index in [0.29, 0.717) is 0 Å². The minimum Gasteiger partial charge on any atom is -0.465 e. The second-order valence-corrected chi connectivity index (χ2v) is 2.88. The van der Waals surface area contributed by atoms with Gasteiger partial charge in [0.05, 0.1) is 0 Å². The summed E-state index contributed by atoms with van der Waals surface area (Å²) >= 11 is 0. The average Bonchev–Trinajstić information content (AvgIpc) is 1.88. The van der Waals surface area contributed by atoms with Crippen LogP contribution < -0.4 is 11.7 Å². The number of hydrogen-bond acceptors (Lipinski definition) is 3. The number of hydrogen-bond donors (Lipinski definition) is 3. The molecule has 5 heteroatoms. The van der Waals surface area contributed by atoms with Gasteiger partial charge in [-0.3, -0.25) is 11.7 Å². The molecule has 0 radical (unpaired) electrons. The van der Waals surface area contributed by atoms with Crippen LogP contribution in [0.5, 0.6) is 0 Å². The van der Waals surface area contributed by atoms with Gasteiger partial charge in [-0.1, -0.05) is 0 Å². The molecular formula is C7H19N3O2. The summed E-state index contributed by atoms with van der Waals surface area (Å²) in [5.41, 5.74) is 0. The highest BCUT2D eigenvalue weighted by Crippen LogP contribution is 2.03. The summed E-state index contributed by atoms with van der Waals surface area (Å²) in [6.45, 7) is 7.48. The third-order valence-electron chi connectivity index (χ3n) is 1.33. The summed E-state index contributed by atoms with van der Waals surface area (Å²) in [6.07, 6.45) is -0.843. The fourth-order valence-corrected chi connectivity index (χ4v) is 1.04. The van der Waals surface area contributed by atoms with Crippen LogP contribution in [0.4, 0.5) is 4.79 Å². The predicted octanol–water partition coefficient (Wildman–Crippen LogP) is 0.602. The fourth-order valence-electron chi connectivity index (χ4n) is 1.04. The molecule has 0 aliphatic carbocycles. The Balaban J connectivity index is 0. The first-order chi connectivity index (χ1) is 5.46. The molecule has 5 nitrogen and oxygen atoms in total. The molecule has 0 heterocycles. The number of carbonyl (C=O) groups is 1. The zero-order valence-electron chi connectivity index (χ0n) is 8.11. The Morgan fingerprint density at radius 2 is 1.42 bits per heavy atom. The van der Waals surface area contributed by atoms with Gasteiger partial charge in [-0.15, -0.1) is 0 Å². The lowest BCUT2D eigenvalue weighted by Gasteiger charge is -2.27. The molecule has 0 rings (SSSR count). The van der Waals surface area contributed by atoms with E-state index < -0.39 is 6.09 Å². The van der Waals surface area contributed by atoms with Gasteiger partial charge in [-0.25, -0.2) is 4.79 Å². The summed E-state index contributed by atoms with van der Waals surface area (Å²) in [5, 5.41) is 8.64. The molecule has 0 aliphatic rings. The summed E-state index contributed by atoms with van der Waals surface area (Å²) in [7, 11) is 0. The molecule has 0 bridgehead atoms. The van der Waals surface area contributed by atoms with E-state index in [0.717, 1.165) is 0 Å². The van der Waals surface area contributed by atoms with E-state index in [-0.39, 0.29) is 12.1 Å². The predicted molar refractivity (Wildman–Crippen MR) is 48.5 cm³/mol. The highest BCUT2D eigenvalue weighted by Gasteiger charge is 2.17. The van der Waals surface area contributed by atoms with Crippen molar-refractivity contribution in [3.05, 3.63) is 0 Å². The van der Waals surface area contributed by atoms with Crippen molar-refractivity contribution in [2.24, 2.45) is 11.7 Å². The number of carboxylic acid groups (broad SMARTS) is 1. The highest BCUT2D eigenvalue weighted by molar-refractivity contribution is 5.65. The Kier molecular flexibility index (Phi) is 7.88. The lowest BCUT2D eigenvalue weighted by atomic mass is 10.2. The van der Waals surface area contributed by atoms with Crippen LogP contribution in [-0.4, -0.2) is 28.2 Å². The van der Waals surface area contributed by atoms with Gasteiger partial charge in [0.1, 0.15) is 0 Å². The molecule has 0 saturated heterocycles. The van der Waals surface area contributed by atoms with E-state index in [2.05, 4.69) is 11.7 Å². The topological polar surface area (TPSA) is 92.6 Å². The van der Waals surface area contributed by atoms with Crippen LogP contribution in [0.3, 0.4) is 0 Å². The van der Waals surface area contributed by atoms with Crippen LogP contribution in [0.2, 0.25) is 0 Å². The lowest BCUT2D eigenvalue weighted by Crippen LogP contribution is -2.40. The molecule has 12 heavy (non-hydrogen) atoms. The third kappa shape index (κ3) is 4.92. The highest BCUT2D eigenvalue weighted by atomic mass is 16.4. The first-order valence-electron chi connectivity index (χ1n) is 3.81. The smallest absolute Gasteiger partial charge is 0.407 e. The Morgan fingerprint density at radius 3 is 1.42 bits per heavy atom. The second kappa shape index (κ2) is 6.87. The quantitative estimate of drug-likeness (QED) is 0.425. The van der Waals surface area contributed by atoms with E-state index in [1.54, 1.807) is 0 Å². The standard InChI is InChI=1S/C7H15NO2.H4N2/c1-5(2)8(6(3)4)7(9)10;1-2/h5-6H,1-4H3,(H,9,10);1-2H2. The number of nitrogens with two attached hydrogens (primary N) is 2. The van der Waals surface area contributed by atoms with Gasteiger partial charge in [-0.2, -0.15) is 0 Å². The third-order valence-corrected chi connectivity index (χ3v) is 1.33. The number of rotatable bonds is 2. The summed E-state index contributed by atoms with van der Waals surface area (Å²) in [4.78, 5) is 11.9. The van der Waals surface area contributed by atoms with Gasteiger partial charge >= 0.3 is 6.09 Å². The molecule has 0 saturated carbocycles. The normalized spacial score (nSPS) is 9.33. The molecular weight excluding hydrogens is 158 g/mol. The Labute approximate surface area is 73.3 Å². The molecule has 0 spiro atoms. The van der Waals surface area contributed by atoms with Crippen LogP contribution in [0.25, 0.3) is 0 Å². The average molecular weight is 177 g/mol. The fraction of sp³-hybridized carbons (Fsp3) is 0.857. The molecule has 0 aromatic carbocycles. The molecule has 0 aromatic rings.